The molecule has 0 heterocycles. The predicted octanol–water partition coefficient (Wildman–Crippen LogP) is 2.69. The average Bonchev–Trinajstić information content (AvgIpc) is 2.45. The molecule has 0 aliphatic rings. The van der Waals surface area contributed by atoms with Crippen molar-refractivity contribution in [2.45, 2.75) is 39.3 Å². The van der Waals surface area contributed by atoms with Crippen LogP contribution in [0.4, 0.5) is 9.18 Å². The second-order valence-corrected chi connectivity index (χ2v) is 6.31. The minimum atomic E-state index is -0.564. The lowest BCUT2D eigenvalue weighted by Gasteiger charge is -2.24. The second kappa shape index (κ2) is 8.50. The molecule has 0 saturated carbocycles. The first-order chi connectivity index (χ1) is 10.7. The monoisotopic (exact) mass is 323 g/mol. The van der Waals surface area contributed by atoms with Crippen LogP contribution in [-0.2, 0) is 4.79 Å². The highest BCUT2D eigenvalue weighted by molar-refractivity contribution is 5.86. The van der Waals surface area contributed by atoms with Crippen LogP contribution in [0.2, 0.25) is 0 Å². The third kappa shape index (κ3) is 6.26. The van der Waals surface area contributed by atoms with Gasteiger partial charge in [-0.3, -0.25) is 4.79 Å². The smallest absolute Gasteiger partial charge is 0.315 e. The van der Waals surface area contributed by atoms with Crippen LogP contribution in [0.5, 0.6) is 0 Å². The highest BCUT2D eigenvalue weighted by atomic mass is 19.1. The van der Waals surface area contributed by atoms with Crippen molar-refractivity contribution in [3.63, 3.8) is 0 Å². The lowest BCUT2D eigenvalue weighted by molar-refractivity contribution is -0.131. The molecule has 1 rings (SSSR count). The van der Waals surface area contributed by atoms with Gasteiger partial charge in [-0.15, -0.1) is 0 Å². The molecule has 128 valence electrons. The van der Waals surface area contributed by atoms with Gasteiger partial charge in [-0.2, -0.15) is 0 Å². The summed E-state index contributed by atoms with van der Waals surface area (Å²) in [6, 6.07) is 4.68. The standard InChI is InChI=1S/C17H26FN3O2/c1-11(2)10-15(16(22)21(4)5)20-17(23)19-12(3)13-6-8-14(18)9-7-13/h6-9,11-12,15H,10H2,1-5H3,(H2,19,20,23)/t12-,15+/m1/s1. The van der Waals surface area contributed by atoms with Crippen LogP contribution in [0.25, 0.3) is 0 Å². The maximum absolute atomic E-state index is 12.9. The Morgan fingerprint density at radius 3 is 2.13 bits per heavy atom. The third-order valence-corrected chi connectivity index (χ3v) is 3.47. The van der Waals surface area contributed by atoms with E-state index < -0.39 is 12.1 Å². The van der Waals surface area contributed by atoms with Gasteiger partial charge < -0.3 is 15.5 Å². The van der Waals surface area contributed by atoms with Crippen molar-refractivity contribution in [1.29, 1.82) is 0 Å². The maximum atomic E-state index is 12.9. The van der Waals surface area contributed by atoms with E-state index in [9.17, 15) is 14.0 Å². The van der Waals surface area contributed by atoms with Crippen LogP contribution >= 0.6 is 0 Å². The summed E-state index contributed by atoms with van der Waals surface area (Å²) in [5.74, 6) is -0.180. The summed E-state index contributed by atoms with van der Waals surface area (Å²) in [5, 5.41) is 5.50. The van der Waals surface area contributed by atoms with Crippen molar-refractivity contribution >= 4 is 11.9 Å². The molecule has 0 bridgehead atoms. The topological polar surface area (TPSA) is 61.4 Å². The summed E-state index contributed by atoms with van der Waals surface area (Å²) in [7, 11) is 3.33. The van der Waals surface area contributed by atoms with Gasteiger partial charge in [-0.05, 0) is 37.0 Å². The minimum Gasteiger partial charge on any atom is -0.347 e. The van der Waals surface area contributed by atoms with E-state index in [4.69, 9.17) is 0 Å². The van der Waals surface area contributed by atoms with Gasteiger partial charge in [0.2, 0.25) is 5.91 Å². The molecule has 0 aromatic heterocycles. The van der Waals surface area contributed by atoms with Crippen molar-refractivity contribution in [2.24, 2.45) is 5.92 Å². The van der Waals surface area contributed by atoms with Gasteiger partial charge in [-0.1, -0.05) is 26.0 Å². The SMILES string of the molecule is CC(C)C[C@H](NC(=O)N[C@H](C)c1ccc(F)cc1)C(=O)N(C)C. The molecular weight excluding hydrogens is 297 g/mol. The van der Waals surface area contributed by atoms with E-state index in [1.807, 2.05) is 13.8 Å². The number of carbonyl (C=O) groups is 2. The van der Waals surface area contributed by atoms with Crippen LogP contribution in [-0.4, -0.2) is 37.0 Å². The number of rotatable bonds is 6. The van der Waals surface area contributed by atoms with Crippen LogP contribution in [0.15, 0.2) is 24.3 Å². The Bertz CT molecular complexity index is 529. The number of hydrogen-bond donors (Lipinski definition) is 2. The van der Waals surface area contributed by atoms with Crippen molar-refractivity contribution in [1.82, 2.24) is 15.5 Å². The Kier molecular flexibility index (Phi) is 7.00. The third-order valence-electron chi connectivity index (χ3n) is 3.47. The maximum Gasteiger partial charge on any atom is 0.315 e. The zero-order valence-electron chi connectivity index (χ0n) is 14.4. The zero-order valence-corrected chi connectivity index (χ0v) is 14.4. The molecule has 0 radical (unpaired) electrons. The van der Waals surface area contributed by atoms with Gasteiger partial charge >= 0.3 is 6.03 Å². The molecule has 23 heavy (non-hydrogen) atoms. The van der Waals surface area contributed by atoms with Gasteiger partial charge in [-0.25, -0.2) is 9.18 Å². The van der Waals surface area contributed by atoms with Crippen LogP contribution in [0, 0.1) is 11.7 Å². The van der Waals surface area contributed by atoms with Gasteiger partial charge in [0.15, 0.2) is 0 Å². The Labute approximate surface area is 137 Å². The summed E-state index contributed by atoms with van der Waals surface area (Å²) >= 11 is 0. The lowest BCUT2D eigenvalue weighted by atomic mass is 10.0. The Hall–Kier alpha value is -2.11. The van der Waals surface area contributed by atoms with E-state index in [0.29, 0.717) is 6.42 Å². The normalized spacial score (nSPS) is 13.3. The number of carbonyl (C=O) groups excluding carboxylic acids is 2. The van der Waals surface area contributed by atoms with Crippen molar-refractivity contribution in [2.75, 3.05) is 14.1 Å². The summed E-state index contributed by atoms with van der Waals surface area (Å²) in [5.41, 5.74) is 0.792. The van der Waals surface area contributed by atoms with Crippen molar-refractivity contribution in [3.05, 3.63) is 35.6 Å². The summed E-state index contributed by atoms with van der Waals surface area (Å²) in [6.45, 7) is 5.80. The van der Waals surface area contributed by atoms with E-state index in [-0.39, 0.29) is 23.7 Å². The molecule has 2 N–H and O–H groups in total. The van der Waals surface area contributed by atoms with Crippen LogP contribution < -0.4 is 10.6 Å². The van der Waals surface area contributed by atoms with Crippen molar-refractivity contribution in [3.8, 4) is 0 Å². The Morgan fingerprint density at radius 1 is 1.09 bits per heavy atom. The minimum absolute atomic E-state index is 0.136. The molecule has 6 heteroatoms. The molecule has 0 saturated heterocycles. The number of nitrogens with zero attached hydrogens (tertiary/aromatic N) is 1. The largest absolute Gasteiger partial charge is 0.347 e. The molecule has 3 amide bonds. The molecule has 5 nitrogen and oxygen atoms in total. The molecule has 1 aromatic carbocycles. The zero-order chi connectivity index (χ0) is 17.6. The van der Waals surface area contributed by atoms with E-state index in [2.05, 4.69) is 10.6 Å². The van der Waals surface area contributed by atoms with Crippen LogP contribution in [0.1, 0.15) is 38.8 Å². The fourth-order valence-corrected chi connectivity index (χ4v) is 2.24. The van der Waals surface area contributed by atoms with E-state index >= 15 is 0 Å². The predicted molar refractivity (Wildman–Crippen MR) is 88.4 cm³/mol. The summed E-state index contributed by atoms with van der Waals surface area (Å²) in [6.07, 6.45) is 0.565. The van der Waals surface area contributed by atoms with Crippen LogP contribution in [0.3, 0.4) is 0 Å². The number of hydrogen-bond acceptors (Lipinski definition) is 2. The van der Waals surface area contributed by atoms with Gasteiger partial charge in [0.25, 0.3) is 0 Å². The van der Waals surface area contributed by atoms with E-state index in [1.54, 1.807) is 33.2 Å². The lowest BCUT2D eigenvalue weighted by Crippen LogP contribution is -2.50. The summed E-state index contributed by atoms with van der Waals surface area (Å²) < 4.78 is 12.9. The van der Waals surface area contributed by atoms with E-state index in [0.717, 1.165) is 5.56 Å². The molecular formula is C17H26FN3O2. The number of amides is 3. The number of nitrogens with one attached hydrogen (secondary N) is 2. The number of likely N-dealkylation sites (N-methyl/N-ethyl adjacent to an activating group) is 1. The molecule has 0 unspecified atom stereocenters. The highest BCUT2D eigenvalue weighted by Gasteiger charge is 2.23. The summed E-state index contributed by atoms with van der Waals surface area (Å²) in [4.78, 5) is 25.8. The Balaban J connectivity index is 2.67. The first-order valence-electron chi connectivity index (χ1n) is 7.74. The molecule has 1 aromatic rings. The van der Waals surface area contributed by atoms with Gasteiger partial charge in [0, 0.05) is 14.1 Å². The molecule has 0 aliphatic heterocycles. The fourth-order valence-electron chi connectivity index (χ4n) is 2.24. The molecule has 2 atom stereocenters. The Morgan fingerprint density at radius 2 is 1.65 bits per heavy atom. The molecule has 0 aliphatic carbocycles. The molecule has 0 spiro atoms. The van der Waals surface area contributed by atoms with Crippen molar-refractivity contribution < 1.29 is 14.0 Å². The number of benzene rings is 1. The van der Waals surface area contributed by atoms with E-state index in [1.165, 1.54) is 17.0 Å². The number of halogens is 1. The fraction of sp³-hybridized carbons (Fsp3) is 0.529. The van der Waals surface area contributed by atoms with Gasteiger partial charge in [0.1, 0.15) is 11.9 Å². The number of urea groups is 1. The highest BCUT2D eigenvalue weighted by Crippen LogP contribution is 2.13. The molecule has 0 fully saturated rings. The quantitative estimate of drug-likeness (QED) is 0.845. The van der Waals surface area contributed by atoms with Gasteiger partial charge in [0.05, 0.1) is 6.04 Å². The average molecular weight is 323 g/mol. The first kappa shape index (κ1) is 18.9. The first-order valence-corrected chi connectivity index (χ1v) is 7.74. The second-order valence-electron chi connectivity index (χ2n) is 6.31.